The maximum Gasteiger partial charge on any atom is 0.346 e. The smallest absolute Gasteiger partial charge is 0.346 e. The van der Waals surface area contributed by atoms with E-state index in [0.717, 1.165) is 61.1 Å². The number of nitrogens with zero attached hydrogens (tertiary/aromatic N) is 1. The quantitative estimate of drug-likeness (QED) is 0.213. The van der Waals surface area contributed by atoms with Crippen LogP contribution < -0.4 is 9.47 Å². The SMILES string of the molecule is CCCCCCc1ccc(C(=O)Oc2ccc(-c3ccc(OCCCC)cc3)nc2)c(F)c1. The Morgan fingerprint density at radius 3 is 2.30 bits per heavy atom. The lowest BCUT2D eigenvalue weighted by atomic mass is 10.0. The van der Waals surface area contributed by atoms with E-state index in [2.05, 4.69) is 18.8 Å². The van der Waals surface area contributed by atoms with Crippen molar-refractivity contribution in [2.45, 2.75) is 58.8 Å². The Bertz CT molecular complexity index is 1020. The van der Waals surface area contributed by atoms with Crippen LogP contribution in [0.5, 0.6) is 11.5 Å². The van der Waals surface area contributed by atoms with E-state index in [1.54, 1.807) is 18.2 Å². The van der Waals surface area contributed by atoms with Crippen molar-refractivity contribution in [3.63, 3.8) is 0 Å². The second kappa shape index (κ2) is 12.7. The van der Waals surface area contributed by atoms with Gasteiger partial charge in [-0.05, 0) is 73.4 Å². The third-order valence-corrected chi connectivity index (χ3v) is 5.44. The fourth-order valence-corrected chi connectivity index (χ4v) is 3.47. The van der Waals surface area contributed by atoms with Crippen molar-refractivity contribution >= 4 is 5.97 Å². The number of benzene rings is 2. The minimum atomic E-state index is -0.729. The molecule has 0 saturated heterocycles. The number of hydrogen-bond donors (Lipinski definition) is 0. The molecule has 5 heteroatoms. The van der Waals surface area contributed by atoms with E-state index in [4.69, 9.17) is 9.47 Å². The molecule has 2 aromatic carbocycles. The average molecular weight is 450 g/mol. The molecule has 0 radical (unpaired) electrons. The van der Waals surface area contributed by atoms with Crippen molar-refractivity contribution in [2.75, 3.05) is 6.61 Å². The first kappa shape index (κ1) is 24.4. The van der Waals surface area contributed by atoms with Gasteiger partial charge in [0.1, 0.15) is 17.3 Å². The molecule has 0 atom stereocenters. The van der Waals surface area contributed by atoms with Gasteiger partial charge in [-0.1, -0.05) is 45.6 Å². The predicted octanol–water partition coefficient (Wildman–Crippen LogP) is 7.41. The van der Waals surface area contributed by atoms with Crippen LogP contribution in [0.3, 0.4) is 0 Å². The van der Waals surface area contributed by atoms with Gasteiger partial charge in [0, 0.05) is 5.56 Å². The maximum atomic E-state index is 14.5. The molecule has 3 rings (SSSR count). The number of aryl methyl sites for hydroxylation is 1. The molecular formula is C28H32FNO3. The summed E-state index contributed by atoms with van der Waals surface area (Å²) in [6.07, 6.45) is 8.88. The zero-order valence-corrected chi connectivity index (χ0v) is 19.5. The van der Waals surface area contributed by atoms with Gasteiger partial charge in [0.15, 0.2) is 0 Å². The van der Waals surface area contributed by atoms with Crippen molar-refractivity contribution in [2.24, 2.45) is 0 Å². The number of rotatable bonds is 12. The van der Waals surface area contributed by atoms with Gasteiger partial charge in [-0.3, -0.25) is 4.98 Å². The van der Waals surface area contributed by atoms with Crippen LogP contribution in [0.4, 0.5) is 4.39 Å². The van der Waals surface area contributed by atoms with Crippen LogP contribution in [0, 0.1) is 5.82 Å². The van der Waals surface area contributed by atoms with Crippen molar-refractivity contribution in [1.82, 2.24) is 4.98 Å². The van der Waals surface area contributed by atoms with Gasteiger partial charge in [0.05, 0.1) is 24.1 Å². The molecule has 3 aromatic rings. The summed E-state index contributed by atoms with van der Waals surface area (Å²) in [5.74, 6) is -0.190. The largest absolute Gasteiger partial charge is 0.494 e. The summed E-state index contributed by atoms with van der Waals surface area (Å²) in [4.78, 5) is 16.8. The van der Waals surface area contributed by atoms with Crippen LogP contribution in [0.1, 0.15) is 68.3 Å². The highest BCUT2D eigenvalue weighted by atomic mass is 19.1. The molecule has 33 heavy (non-hydrogen) atoms. The van der Waals surface area contributed by atoms with Crippen molar-refractivity contribution in [1.29, 1.82) is 0 Å². The lowest BCUT2D eigenvalue weighted by Crippen LogP contribution is -2.11. The molecule has 0 saturated carbocycles. The van der Waals surface area contributed by atoms with Gasteiger partial charge in [-0.15, -0.1) is 0 Å². The monoisotopic (exact) mass is 449 g/mol. The number of carbonyl (C=O) groups is 1. The van der Waals surface area contributed by atoms with E-state index >= 15 is 0 Å². The summed E-state index contributed by atoms with van der Waals surface area (Å²) >= 11 is 0. The van der Waals surface area contributed by atoms with E-state index in [1.165, 1.54) is 24.8 Å². The van der Waals surface area contributed by atoms with E-state index < -0.39 is 11.8 Å². The molecule has 0 amide bonds. The first-order valence-electron chi connectivity index (χ1n) is 11.8. The molecular weight excluding hydrogens is 417 g/mol. The lowest BCUT2D eigenvalue weighted by Gasteiger charge is -2.08. The zero-order chi connectivity index (χ0) is 23.5. The third-order valence-electron chi connectivity index (χ3n) is 5.44. The van der Waals surface area contributed by atoms with Crippen LogP contribution >= 0.6 is 0 Å². The second-order valence-electron chi connectivity index (χ2n) is 8.12. The highest BCUT2D eigenvalue weighted by molar-refractivity contribution is 5.91. The Morgan fingerprint density at radius 2 is 1.64 bits per heavy atom. The fourth-order valence-electron chi connectivity index (χ4n) is 3.47. The summed E-state index contributed by atoms with van der Waals surface area (Å²) in [6, 6.07) is 15.9. The van der Waals surface area contributed by atoms with Crippen molar-refractivity contribution in [3.8, 4) is 22.8 Å². The first-order valence-corrected chi connectivity index (χ1v) is 11.8. The highest BCUT2D eigenvalue weighted by Crippen LogP contribution is 2.23. The molecule has 0 unspecified atom stereocenters. The fraction of sp³-hybridized carbons (Fsp3) is 0.357. The molecule has 1 heterocycles. The van der Waals surface area contributed by atoms with Gasteiger partial charge < -0.3 is 9.47 Å². The number of unbranched alkanes of at least 4 members (excludes halogenated alkanes) is 4. The molecule has 0 N–H and O–H groups in total. The minimum Gasteiger partial charge on any atom is -0.494 e. The average Bonchev–Trinajstić information content (AvgIpc) is 2.83. The molecule has 0 spiro atoms. The Balaban J connectivity index is 1.57. The first-order chi connectivity index (χ1) is 16.1. The van der Waals surface area contributed by atoms with Crippen LogP contribution in [0.2, 0.25) is 0 Å². The van der Waals surface area contributed by atoms with E-state index in [9.17, 15) is 9.18 Å². The molecule has 1 aromatic heterocycles. The lowest BCUT2D eigenvalue weighted by molar-refractivity contribution is 0.0729. The van der Waals surface area contributed by atoms with E-state index in [-0.39, 0.29) is 11.3 Å². The summed E-state index contributed by atoms with van der Waals surface area (Å²) in [5.41, 5.74) is 2.49. The Kier molecular flexibility index (Phi) is 9.43. The molecule has 0 aliphatic heterocycles. The van der Waals surface area contributed by atoms with Gasteiger partial charge in [0.2, 0.25) is 0 Å². The Morgan fingerprint density at radius 1 is 0.879 bits per heavy atom. The van der Waals surface area contributed by atoms with Crippen LogP contribution in [-0.2, 0) is 6.42 Å². The summed E-state index contributed by atoms with van der Waals surface area (Å²) in [7, 11) is 0. The maximum absolute atomic E-state index is 14.5. The molecule has 0 fully saturated rings. The summed E-state index contributed by atoms with van der Waals surface area (Å²) < 4.78 is 25.5. The number of halogens is 1. The normalized spacial score (nSPS) is 10.8. The number of hydrogen-bond acceptors (Lipinski definition) is 4. The Hall–Kier alpha value is -3.21. The van der Waals surface area contributed by atoms with Crippen LogP contribution in [0.25, 0.3) is 11.3 Å². The molecule has 0 bridgehead atoms. The highest BCUT2D eigenvalue weighted by Gasteiger charge is 2.15. The number of pyridine rings is 1. The van der Waals surface area contributed by atoms with E-state index in [1.807, 2.05) is 24.3 Å². The number of carbonyl (C=O) groups excluding carboxylic acids is 1. The topological polar surface area (TPSA) is 48.4 Å². The van der Waals surface area contributed by atoms with E-state index in [0.29, 0.717) is 6.61 Å². The molecule has 0 aliphatic rings. The Labute approximate surface area is 195 Å². The van der Waals surface area contributed by atoms with Crippen molar-refractivity contribution < 1.29 is 18.7 Å². The predicted molar refractivity (Wildman–Crippen MR) is 129 cm³/mol. The minimum absolute atomic E-state index is 0.0740. The second-order valence-corrected chi connectivity index (χ2v) is 8.12. The zero-order valence-electron chi connectivity index (χ0n) is 19.5. The van der Waals surface area contributed by atoms with Crippen LogP contribution in [0.15, 0.2) is 60.8 Å². The van der Waals surface area contributed by atoms with Gasteiger partial charge in [-0.2, -0.15) is 0 Å². The number of ether oxygens (including phenoxy) is 2. The molecule has 174 valence electrons. The number of esters is 1. The van der Waals surface area contributed by atoms with Gasteiger partial charge in [-0.25, -0.2) is 9.18 Å². The van der Waals surface area contributed by atoms with Gasteiger partial charge in [0.25, 0.3) is 0 Å². The van der Waals surface area contributed by atoms with Gasteiger partial charge >= 0.3 is 5.97 Å². The molecule has 4 nitrogen and oxygen atoms in total. The van der Waals surface area contributed by atoms with Crippen LogP contribution in [-0.4, -0.2) is 17.6 Å². The van der Waals surface area contributed by atoms with Crippen molar-refractivity contribution in [3.05, 3.63) is 77.7 Å². The standard InChI is InChI=1S/C28H32FNO3/c1-3-5-7-8-9-21-10-16-25(26(29)19-21)28(31)33-24-15-17-27(30-20-24)22-11-13-23(14-12-22)32-18-6-4-2/h10-17,19-20H,3-9,18H2,1-2H3. The molecule has 0 aliphatic carbocycles. The third kappa shape index (κ3) is 7.41. The summed E-state index contributed by atoms with van der Waals surface area (Å²) in [6.45, 7) is 4.99. The summed E-state index contributed by atoms with van der Waals surface area (Å²) in [5, 5.41) is 0. The number of aromatic nitrogens is 1.